The van der Waals surface area contributed by atoms with Crippen LogP contribution in [-0.4, -0.2) is 12.1 Å². The van der Waals surface area contributed by atoms with Gasteiger partial charge in [-0.1, -0.05) is 18.2 Å². The highest BCUT2D eigenvalue weighted by molar-refractivity contribution is 5.30. The summed E-state index contributed by atoms with van der Waals surface area (Å²) in [6.45, 7) is 0.981. The number of hydrogen-bond donors (Lipinski definition) is 1. The molecule has 0 aliphatic rings. The van der Waals surface area contributed by atoms with Gasteiger partial charge in [-0.3, -0.25) is 0 Å². The zero-order valence-corrected chi connectivity index (χ0v) is 10.3. The van der Waals surface area contributed by atoms with E-state index >= 15 is 0 Å². The van der Waals surface area contributed by atoms with Crippen LogP contribution in [0.1, 0.15) is 11.3 Å². The van der Waals surface area contributed by atoms with Crippen LogP contribution in [0.3, 0.4) is 0 Å². The van der Waals surface area contributed by atoms with E-state index in [1.165, 1.54) is 0 Å². The number of rotatable bonds is 5. The minimum atomic E-state index is 0.404. The Labute approximate surface area is 106 Å². The third kappa shape index (κ3) is 3.46. The van der Waals surface area contributed by atoms with Gasteiger partial charge in [-0.15, -0.1) is 0 Å². The van der Waals surface area contributed by atoms with Crippen LogP contribution >= 0.6 is 0 Å². The van der Waals surface area contributed by atoms with Crippen molar-refractivity contribution >= 4 is 5.82 Å². The fraction of sp³-hybridized carbons (Fsp3) is 0.214. The van der Waals surface area contributed by atoms with E-state index in [1.807, 2.05) is 36.4 Å². The highest BCUT2D eigenvalue weighted by Gasteiger charge is 1.99. The molecule has 2 rings (SSSR count). The second-order valence-electron chi connectivity index (χ2n) is 3.92. The van der Waals surface area contributed by atoms with E-state index in [0.717, 1.165) is 17.0 Å². The second-order valence-corrected chi connectivity index (χ2v) is 3.92. The number of hydrogen-bond acceptors (Lipinski definition) is 4. The molecule has 4 nitrogen and oxygen atoms in total. The number of anilines is 1. The molecule has 2 N–H and O–H groups in total. The Morgan fingerprint density at radius 2 is 1.94 bits per heavy atom. The quantitative estimate of drug-likeness (QED) is 0.877. The molecule has 0 fully saturated rings. The minimum Gasteiger partial charge on any atom is -0.487 e. The Balaban J connectivity index is 1.99. The molecule has 2 aromatic rings. The van der Waals surface area contributed by atoms with Crippen LogP contribution in [0.4, 0.5) is 5.82 Å². The SMILES string of the molecule is COCc1cccc(OCc2cccc(N)n2)c1. The number of nitrogens with two attached hydrogens (primary N) is 1. The molecule has 0 aliphatic carbocycles. The molecular weight excluding hydrogens is 228 g/mol. The average molecular weight is 244 g/mol. The first-order valence-electron chi connectivity index (χ1n) is 5.70. The highest BCUT2D eigenvalue weighted by Crippen LogP contribution is 2.15. The highest BCUT2D eigenvalue weighted by atomic mass is 16.5. The average Bonchev–Trinajstić information content (AvgIpc) is 2.37. The fourth-order valence-corrected chi connectivity index (χ4v) is 1.63. The monoisotopic (exact) mass is 244 g/mol. The summed E-state index contributed by atoms with van der Waals surface area (Å²) >= 11 is 0. The van der Waals surface area contributed by atoms with Gasteiger partial charge in [-0.25, -0.2) is 4.98 Å². The maximum atomic E-state index is 5.66. The van der Waals surface area contributed by atoms with Crippen molar-refractivity contribution in [2.24, 2.45) is 0 Å². The van der Waals surface area contributed by atoms with Crippen LogP contribution in [0.2, 0.25) is 0 Å². The van der Waals surface area contributed by atoms with Crippen molar-refractivity contribution in [1.82, 2.24) is 4.98 Å². The first-order valence-corrected chi connectivity index (χ1v) is 5.70. The Morgan fingerprint density at radius 1 is 1.11 bits per heavy atom. The summed E-state index contributed by atoms with van der Waals surface area (Å²) in [7, 11) is 1.67. The summed E-state index contributed by atoms with van der Waals surface area (Å²) in [5.74, 6) is 1.30. The molecule has 1 aromatic carbocycles. The predicted molar refractivity (Wildman–Crippen MR) is 70.1 cm³/mol. The van der Waals surface area contributed by atoms with Gasteiger partial charge in [0, 0.05) is 7.11 Å². The number of benzene rings is 1. The lowest BCUT2D eigenvalue weighted by Gasteiger charge is -2.07. The van der Waals surface area contributed by atoms with E-state index in [2.05, 4.69) is 4.98 Å². The molecule has 0 amide bonds. The number of aromatic nitrogens is 1. The van der Waals surface area contributed by atoms with Crippen LogP contribution in [0, 0.1) is 0 Å². The van der Waals surface area contributed by atoms with Crippen LogP contribution in [0.5, 0.6) is 5.75 Å². The first kappa shape index (κ1) is 12.4. The van der Waals surface area contributed by atoms with Crippen molar-refractivity contribution in [2.45, 2.75) is 13.2 Å². The van der Waals surface area contributed by atoms with Gasteiger partial charge in [-0.2, -0.15) is 0 Å². The molecule has 1 heterocycles. The summed E-state index contributed by atoms with van der Waals surface area (Å²) in [5.41, 5.74) is 7.50. The molecule has 0 aliphatic heterocycles. The molecule has 0 radical (unpaired) electrons. The molecule has 0 saturated heterocycles. The van der Waals surface area contributed by atoms with Gasteiger partial charge in [0.1, 0.15) is 18.2 Å². The Hall–Kier alpha value is -2.07. The van der Waals surface area contributed by atoms with Crippen molar-refractivity contribution in [3.63, 3.8) is 0 Å². The van der Waals surface area contributed by atoms with Gasteiger partial charge in [-0.05, 0) is 29.8 Å². The van der Waals surface area contributed by atoms with Crippen LogP contribution < -0.4 is 10.5 Å². The summed E-state index contributed by atoms with van der Waals surface area (Å²) in [4.78, 5) is 4.18. The topological polar surface area (TPSA) is 57.4 Å². The molecule has 0 unspecified atom stereocenters. The number of methoxy groups -OCH3 is 1. The standard InChI is InChI=1S/C14H16N2O2/c1-17-9-11-4-2-6-13(8-11)18-10-12-5-3-7-14(15)16-12/h2-8H,9-10H2,1H3,(H2,15,16). The predicted octanol–water partition coefficient (Wildman–Crippen LogP) is 2.39. The summed E-state index contributed by atoms with van der Waals surface area (Å²) in [6, 6.07) is 13.3. The van der Waals surface area contributed by atoms with Crippen LogP contribution in [0.15, 0.2) is 42.5 Å². The van der Waals surface area contributed by atoms with Gasteiger partial charge < -0.3 is 15.2 Å². The third-order valence-electron chi connectivity index (χ3n) is 2.42. The Morgan fingerprint density at radius 3 is 2.72 bits per heavy atom. The van der Waals surface area contributed by atoms with E-state index in [0.29, 0.717) is 19.0 Å². The van der Waals surface area contributed by atoms with Crippen molar-refractivity contribution < 1.29 is 9.47 Å². The van der Waals surface area contributed by atoms with Crippen LogP contribution in [0.25, 0.3) is 0 Å². The maximum absolute atomic E-state index is 5.66. The smallest absolute Gasteiger partial charge is 0.130 e. The Kier molecular flexibility index (Phi) is 4.15. The molecular formula is C14H16N2O2. The maximum Gasteiger partial charge on any atom is 0.130 e. The molecule has 0 saturated carbocycles. The third-order valence-corrected chi connectivity index (χ3v) is 2.42. The van der Waals surface area contributed by atoms with Gasteiger partial charge in [0.05, 0.1) is 12.3 Å². The lowest BCUT2D eigenvalue weighted by atomic mass is 10.2. The van der Waals surface area contributed by atoms with Gasteiger partial charge in [0.15, 0.2) is 0 Å². The lowest BCUT2D eigenvalue weighted by molar-refractivity contribution is 0.184. The van der Waals surface area contributed by atoms with Gasteiger partial charge >= 0.3 is 0 Å². The summed E-state index contributed by atoms with van der Waals surface area (Å²) in [5, 5.41) is 0. The lowest BCUT2D eigenvalue weighted by Crippen LogP contribution is -2.00. The van der Waals surface area contributed by atoms with E-state index in [9.17, 15) is 0 Å². The molecule has 18 heavy (non-hydrogen) atoms. The molecule has 0 spiro atoms. The van der Waals surface area contributed by atoms with E-state index in [1.54, 1.807) is 13.2 Å². The van der Waals surface area contributed by atoms with Crippen molar-refractivity contribution in [3.8, 4) is 5.75 Å². The second kappa shape index (κ2) is 6.02. The van der Waals surface area contributed by atoms with Crippen molar-refractivity contribution in [1.29, 1.82) is 0 Å². The summed E-state index contributed by atoms with van der Waals surface area (Å²) < 4.78 is 10.7. The number of nitrogen functional groups attached to an aromatic ring is 1. The zero-order chi connectivity index (χ0) is 12.8. The van der Waals surface area contributed by atoms with E-state index in [-0.39, 0.29) is 0 Å². The normalized spacial score (nSPS) is 10.3. The van der Waals surface area contributed by atoms with Crippen LogP contribution in [-0.2, 0) is 18.0 Å². The van der Waals surface area contributed by atoms with E-state index < -0.39 is 0 Å². The van der Waals surface area contributed by atoms with Gasteiger partial charge in [0.25, 0.3) is 0 Å². The zero-order valence-electron chi connectivity index (χ0n) is 10.3. The molecule has 0 bridgehead atoms. The number of nitrogens with zero attached hydrogens (tertiary/aromatic N) is 1. The molecule has 4 heteroatoms. The fourth-order valence-electron chi connectivity index (χ4n) is 1.63. The van der Waals surface area contributed by atoms with Crippen molar-refractivity contribution in [2.75, 3.05) is 12.8 Å². The molecule has 94 valence electrons. The summed E-state index contributed by atoms with van der Waals surface area (Å²) in [6.07, 6.45) is 0. The molecule has 1 aromatic heterocycles. The number of pyridine rings is 1. The minimum absolute atomic E-state index is 0.404. The largest absolute Gasteiger partial charge is 0.487 e. The Bertz CT molecular complexity index is 515. The molecule has 0 atom stereocenters. The van der Waals surface area contributed by atoms with Crippen molar-refractivity contribution in [3.05, 3.63) is 53.7 Å². The van der Waals surface area contributed by atoms with Gasteiger partial charge in [0.2, 0.25) is 0 Å². The number of ether oxygens (including phenoxy) is 2. The first-order chi connectivity index (χ1) is 8.78. The van der Waals surface area contributed by atoms with E-state index in [4.69, 9.17) is 15.2 Å².